The van der Waals surface area contributed by atoms with Crippen molar-refractivity contribution >= 4 is 5.97 Å². The van der Waals surface area contributed by atoms with E-state index in [0.717, 1.165) is 6.54 Å². The third kappa shape index (κ3) is 2.91. The second-order valence-electron chi connectivity index (χ2n) is 3.74. The predicted molar refractivity (Wildman–Crippen MR) is 63.5 cm³/mol. The summed E-state index contributed by atoms with van der Waals surface area (Å²) in [6.07, 6.45) is 3.72. The van der Waals surface area contributed by atoms with E-state index in [4.69, 9.17) is 0 Å². The fraction of sp³-hybridized carbons (Fsp3) is 0.143. The Labute approximate surface area is 100 Å². The van der Waals surface area contributed by atoms with E-state index in [1.165, 1.54) is 12.7 Å². The van der Waals surface area contributed by atoms with Gasteiger partial charge in [-0.05, 0) is 6.07 Å². The molecule has 0 saturated carbocycles. The summed E-state index contributed by atoms with van der Waals surface area (Å²) < 4.78 is 6.65. The van der Waals surface area contributed by atoms with Crippen molar-refractivity contribution in [3.05, 3.63) is 66.0 Å². The molecule has 0 aliphatic carbocycles. The van der Waals surface area contributed by atoms with E-state index in [0.29, 0.717) is 5.56 Å². The number of hydrogen-bond donors (Lipinski definition) is 0. The van der Waals surface area contributed by atoms with Crippen LogP contribution in [0.15, 0.2) is 54.9 Å². The Bertz CT molecular complexity index is 509. The first-order valence-electron chi connectivity index (χ1n) is 5.41. The molecule has 2 rings (SSSR count). The number of methoxy groups -OCH3 is 1. The minimum absolute atomic E-state index is 0.313. The third-order valence-corrected chi connectivity index (χ3v) is 2.49. The second kappa shape index (κ2) is 5.25. The van der Waals surface area contributed by atoms with Crippen LogP contribution in [0.4, 0.5) is 0 Å². The number of carbonyl (C=O) groups is 1. The highest BCUT2D eigenvalue weighted by Crippen LogP contribution is 2.00. The molecule has 86 valence electrons. The van der Waals surface area contributed by atoms with Crippen molar-refractivity contribution in [2.24, 2.45) is 0 Å². The summed E-state index contributed by atoms with van der Waals surface area (Å²) in [5.41, 5.74) is 1.76. The third-order valence-electron chi connectivity index (χ3n) is 2.49. The van der Waals surface area contributed by atoms with Crippen molar-refractivity contribution in [2.45, 2.75) is 6.54 Å². The van der Waals surface area contributed by atoms with Crippen LogP contribution in [0, 0.1) is 0 Å². The number of benzene rings is 1. The number of carbonyl (C=O) groups excluding carboxylic acids is 1. The average molecular weight is 228 g/mol. The fourth-order valence-corrected chi connectivity index (χ4v) is 1.65. The molecule has 0 aliphatic rings. The van der Waals surface area contributed by atoms with Gasteiger partial charge in [0.15, 0.2) is 18.9 Å². The van der Waals surface area contributed by atoms with E-state index in [1.54, 1.807) is 12.3 Å². The average Bonchev–Trinajstić information content (AvgIpc) is 2.39. The van der Waals surface area contributed by atoms with Crippen LogP contribution >= 0.6 is 0 Å². The van der Waals surface area contributed by atoms with Gasteiger partial charge >= 0.3 is 5.97 Å². The lowest BCUT2D eigenvalue weighted by Gasteiger charge is -2.00. The maximum Gasteiger partial charge on any atom is 0.343 e. The highest BCUT2D eigenvalue weighted by atomic mass is 16.5. The van der Waals surface area contributed by atoms with Crippen LogP contribution in [0.2, 0.25) is 0 Å². The summed E-state index contributed by atoms with van der Waals surface area (Å²) in [5, 5.41) is 0. The first kappa shape index (κ1) is 11.3. The van der Waals surface area contributed by atoms with Crippen molar-refractivity contribution in [3.63, 3.8) is 0 Å². The van der Waals surface area contributed by atoms with Crippen LogP contribution in [0.3, 0.4) is 0 Å². The smallest absolute Gasteiger partial charge is 0.343 e. The Hall–Kier alpha value is -2.16. The Balaban J connectivity index is 2.20. The molecule has 0 N–H and O–H groups in total. The lowest BCUT2D eigenvalue weighted by Crippen LogP contribution is -2.34. The minimum atomic E-state index is -0.313. The van der Waals surface area contributed by atoms with Crippen LogP contribution in [0.25, 0.3) is 0 Å². The van der Waals surface area contributed by atoms with Gasteiger partial charge in [-0.2, -0.15) is 4.57 Å². The van der Waals surface area contributed by atoms with Crippen molar-refractivity contribution in [1.82, 2.24) is 0 Å². The lowest BCUT2D eigenvalue weighted by atomic mass is 10.2. The summed E-state index contributed by atoms with van der Waals surface area (Å²) in [6, 6.07) is 13.7. The van der Waals surface area contributed by atoms with Gasteiger partial charge in [0.05, 0.1) is 7.11 Å². The molecule has 0 aliphatic heterocycles. The van der Waals surface area contributed by atoms with Gasteiger partial charge in [-0.25, -0.2) is 4.79 Å². The zero-order valence-corrected chi connectivity index (χ0v) is 9.67. The van der Waals surface area contributed by atoms with Gasteiger partial charge in [-0.1, -0.05) is 30.3 Å². The Morgan fingerprint density at radius 3 is 2.65 bits per heavy atom. The Morgan fingerprint density at radius 1 is 1.18 bits per heavy atom. The predicted octanol–water partition coefficient (Wildman–Crippen LogP) is 1.81. The number of rotatable bonds is 3. The molecule has 0 atom stereocenters. The molecule has 0 unspecified atom stereocenters. The van der Waals surface area contributed by atoms with Gasteiger partial charge in [0.1, 0.15) is 5.56 Å². The summed E-state index contributed by atoms with van der Waals surface area (Å²) in [5.74, 6) is -0.313. The highest BCUT2D eigenvalue weighted by molar-refractivity contribution is 5.88. The number of hydrogen-bond acceptors (Lipinski definition) is 2. The monoisotopic (exact) mass is 228 g/mol. The van der Waals surface area contributed by atoms with E-state index in [1.807, 2.05) is 35.0 Å². The van der Waals surface area contributed by atoms with Crippen molar-refractivity contribution in [2.75, 3.05) is 7.11 Å². The number of esters is 1. The zero-order chi connectivity index (χ0) is 12.1. The molecule has 0 fully saturated rings. The van der Waals surface area contributed by atoms with Crippen LogP contribution in [0.1, 0.15) is 15.9 Å². The van der Waals surface area contributed by atoms with Gasteiger partial charge in [0.25, 0.3) is 0 Å². The molecule has 3 nitrogen and oxygen atoms in total. The molecule has 1 heterocycles. The Kier molecular flexibility index (Phi) is 3.50. The van der Waals surface area contributed by atoms with Gasteiger partial charge in [0, 0.05) is 11.6 Å². The van der Waals surface area contributed by atoms with E-state index in [9.17, 15) is 4.79 Å². The van der Waals surface area contributed by atoms with Crippen molar-refractivity contribution in [1.29, 1.82) is 0 Å². The zero-order valence-electron chi connectivity index (χ0n) is 9.67. The summed E-state index contributed by atoms with van der Waals surface area (Å²) in [4.78, 5) is 11.4. The number of aromatic nitrogens is 1. The fourth-order valence-electron chi connectivity index (χ4n) is 1.65. The molecular formula is C14H14NO2+. The molecule has 0 spiro atoms. The van der Waals surface area contributed by atoms with Crippen LogP contribution < -0.4 is 4.57 Å². The molecule has 0 radical (unpaired) electrons. The van der Waals surface area contributed by atoms with E-state index in [-0.39, 0.29) is 5.97 Å². The van der Waals surface area contributed by atoms with Gasteiger partial charge in [0.2, 0.25) is 0 Å². The largest absolute Gasteiger partial charge is 0.465 e. The molecule has 0 saturated heterocycles. The van der Waals surface area contributed by atoms with Crippen LogP contribution in [-0.2, 0) is 11.3 Å². The summed E-state index contributed by atoms with van der Waals surface area (Å²) >= 11 is 0. The number of ether oxygens (including phenoxy) is 1. The normalized spacial score (nSPS) is 9.94. The molecular weight excluding hydrogens is 214 g/mol. The maximum atomic E-state index is 11.4. The lowest BCUT2D eigenvalue weighted by molar-refractivity contribution is -0.688. The van der Waals surface area contributed by atoms with Gasteiger partial charge in [-0.15, -0.1) is 0 Å². The Morgan fingerprint density at radius 2 is 1.94 bits per heavy atom. The molecule has 0 bridgehead atoms. The van der Waals surface area contributed by atoms with E-state index >= 15 is 0 Å². The quantitative estimate of drug-likeness (QED) is 0.592. The second-order valence-corrected chi connectivity index (χ2v) is 3.74. The number of pyridine rings is 1. The maximum absolute atomic E-state index is 11.4. The number of nitrogens with zero attached hydrogens (tertiary/aromatic N) is 1. The molecule has 17 heavy (non-hydrogen) atoms. The summed E-state index contributed by atoms with van der Waals surface area (Å²) in [7, 11) is 1.39. The highest BCUT2D eigenvalue weighted by Gasteiger charge is 2.10. The molecule has 1 aromatic carbocycles. The van der Waals surface area contributed by atoms with Gasteiger partial charge in [-0.3, -0.25) is 0 Å². The summed E-state index contributed by atoms with van der Waals surface area (Å²) in [6.45, 7) is 0.742. The molecule has 0 amide bonds. The first-order valence-corrected chi connectivity index (χ1v) is 5.41. The molecule has 2 aromatic rings. The minimum Gasteiger partial charge on any atom is -0.465 e. The van der Waals surface area contributed by atoms with E-state index < -0.39 is 0 Å². The topological polar surface area (TPSA) is 30.2 Å². The first-order chi connectivity index (χ1) is 8.29. The molecule has 1 aromatic heterocycles. The molecule has 3 heteroatoms. The van der Waals surface area contributed by atoms with Crippen molar-refractivity contribution < 1.29 is 14.1 Å². The van der Waals surface area contributed by atoms with Crippen molar-refractivity contribution in [3.8, 4) is 0 Å². The van der Waals surface area contributed by atoms with Crippen LogP contribution in [-0.4, -0.2) is 13.1 Å². The van der Waals surface area contributed by atoms with Crippen LogP contribution in [0.5, 0.6) is 0 Å². The standard InChI is InChI=1S/C14H14NO2/c1-17-14(16)13-8-5-9-15(11-13)10-12-6-3-2-4-7-12/h2-9,11H,10H2,1H3/q+1. The SMILES string of the molecule is COC(=O)c1ccc[n+](Cc2ccccc2)c1. The van der Waals surface area contributed by atoms with E-state index in [2.05, 4.69) is 16.9 Å². The van der Waals surface area contributed by atoms with Gasteiger partial charge < -0.3 is 4.74 Å².